The topological polar surface area (TPSA) is 0 Å². The van der Waals surface area contributed by atoms with Gasteiger partial charge in [0.15, 0.2) is 0 Å². The first-order valence-corrected chi connectivity index (χ1v) is 10.4. The van der Waals surface area contributed by atoms with Crippen molar-refractivity contribution in [3.63, 3.8) is 0 Å². The summed E-state index contributed by atoms with van der Waals surface area (Å²) in [5.41, 5.74) is 0.798. The maximum atomic E-state index is 1.62. The number of hydrogen-bond donors (Lipinski definition) is 0. The van der Waals surface area contributed by atoms with E-state index in [4.69, 9.17) is 0 Å². The first-order chi connectivity index (χ1) is 10.4. The van der Waals surface area contributed by atoms with Gasteiger partial charge in [-0.05, 0) is 67.6 Å². The summed E-state index contributed by atoms with van der Waals surface area (Å²) in [5.74, 6) is 4.48. The van der Waals surface area contributed by atoms with Crippen molar-refractivity contribution in [2.45, 2.75) is 103 Å². The molecule has 0 saturated heterocycles. The van der Waals surface area contributed by atoms with E-state index in [0.29, 0.717) is 0 Å². The maximum Gasteiger partial charge on any atom is -0.0266 e. The highest BCUT2D eigenvalue weighted by Gasteiger charge is 2.45. The SMILES string of the molecule is C1CCC2(C3CCCC4CCCC3C4)CCCC(C1)CC2. The fraction of sp³-hybridized carbons (Fsp3) is 1.00. The number of hydrogen-bond acceptors (Lipinski definition) is 0. The summed E-state index contributed by atoms with van der Waals surface area (Å²) >= 11 is 0. The second-order valence-corrected chi connectivity index (χ2v) is 9.24. The summed E-state index contributed by atoms with van der Waals surface area (Å²) in [4.78, 5) is 0. The van der Waals surface area contributed by atoms with E-state index >= 15 is 0 Å². The normalized spacial score (nSPS) is 48.0. The summed E-state index contributed by atoms with van der Waals surface area (Å²) in [6.45, 7) is 0. The van der Waals surface area contributed by atoms with Crippen LogP contribution in [0.5, 0.6) is 0 Å². The van der Waals surface area contributed by atoms with Gasteiger partial charge in [0, 0.05) is 0 Å². The van der Waals surface area contributed by atoms with Crippen molar-refractivity contribution in [1.29, 1.82) is 0 Å². The molecule has 4 bridgehead atoms. The van der Waals surface area contributed by atoms with Crippen molar-refractivity contribution in [3.8, 4) is 0 Å². The molecule has 0 aliphatic heterocycles. The molecule has 4 aliphatic rings. The van der Waals surface area contributed by atoms with Crippen LogP contribution in [-0.2, 0) is 0 Å². The van der Waals surface area contributed by atoms with Gasteiger partial charge in [0.2, 0.25) is 0 Å². The molecular weight excluding hydrogens is 252 g/mol. The molecule has 0 spiro atoms. The summed E-state index contributed by atoms with van der Waals surface area (Å²) in [6, 6.07) is 0. The summed E-state index contributed by atoms with van der Waals surface area (Å²) in [5, 5.41) is 0. The molecule has 0 aromatic rings. The molecule has 0 aromatic carbocycles. The van der Waals surface area contributed by atoms with Crippen LogP contribution in [-0.4, -0.2) is 0 Å². The number of rotatable bonds is 1. The Balaban J connectivity index is 1.58. The molecule has 0 N–H and O–H groups in total. The third-order valence-corrected chi connectivity index (χ3v) is 8.18. The number of fused-ring (bicyclic) bond motifs is 5. The highest BCUT2D eigenvalue weighted by Crippen LogP contribution is 2.56. The molecule has 4 fully saturated rings. The predicted molar refractivity (Wildman–Crippen MR) is 90.3 cm³/mol. The lowest BCUT2D eigenvalue weighted by molar-refractivity contribution is 0.0383. The Hall–Kier alpha value is 0. The molecule has 0 heteroatoms. The quantitative estimate of drug-likeness (QED) is 0.501. The minimum absolute atomic E-state index is 0.798. The summed E-state index contributed by atoms with van der Waals surface area (Å²) < 4.78 is 0. The van der Waals surface area contributed by atoms with E-state index in [1.807, 2.05) is 0 Å². The van der Waals surface area contributed by atoms with E-state index in [-0.39, 0.29) is 0 Å². The van der Waals surface area contributed by atoms with Crippen molar-refractivity contribution >= 4 is 0 Å². The van der Waals surface area contributed by atoms with Crippen molar-refractivity contribution < 1.29 is 0 Å². The lowest BCUT2D eigenvalue weighted by Gasteiger charge is -2.46. The Morgan fingerprint density at radius 1 is 0.524 bits per heavy atom. The van der Waals surface area contributed by atoms with Gasteiger partial charge in [-0.1, -0.05) is 64.2 Å². The van der Waals surface area contributed by atoms with Crippen LogP contribution in [0.4, 0.5) is 0 Å². The Kier molecular flexibility index (Phi) is 4.34. The minimum Gasteiger partial charge on any atom is -0.0530 e. The van der Waals surface area contributed by atoms with Gasteiger partial charge in [0.05, 0.1) is 0 Å². The molecule has 5 atom stereocenters. The van der Waals surface area contributed by atoms with Crippen LogP contribution in [0.2, 0.25) is 0 Å². The molecule has 4 rings (SSSR count). The Morgan fingerprint density at radius 3 is 2.24 bits per heavy atom. The van der Waals surface area contributed by atoms with Crippen molar-refractivity contribution in [3.05, 3.63) is 0 Å². The second kappa shape index (κ2) is 6.25. The molecule has 4 aliphatic carbocycles. The minimum atomic E-state index is 0.798. The first-order valence-electron chi connectivity index (χ1n) is 10.4. The van der Waals surface area contributed by atoms with Gasteiger partial charge in [-0.2, -0.15) is 0 Å². The van der Waals surface area contributed by atoms with Crippen LogP contribution in [0.25, 0.3) is 0 Å². The van der Waals surface area contributed by atoms with E-state index in [1.165, 1.54) is 0 Å². The molecule has 0 aromatic heterocycles. The lowest BCUT2D eigenvalue weighted by atomic mass is 9.59. The molecule has 0 radical (unpaired) electrons. The molecule has 120 valence electrons. The maximum absolute atomic E-state index is 1.62. The van der Waals surface area contributed by atoms with Crippen LogP contribution in [0.1, 0.15) is 103 Å². The largest absolute Gasteiger partial charge is 0.0530 e. The van der Waals surface area contributed by atoms with Crippen LogP contribution >= 0.6 is 0 Å². The fourth-order valence-electron chi connectivity index (χ4n) is 7.14. The zero-order chi connectivity index (χ0) is 14.1. The van der Waals surface area contributed by atoms with Crippen LogP contribution < -0.4 is 0 Å². The van der Waals surface area contributed by atoms with E-state index < -0.39 is 0 Å². The van der Waals surface area contributed by atoms with Crippen molar-refractivity contribution in [1.82, 2.24) is 0 Å². The van der Waals surface area contributed by atoms with Crippen LogP contribution in [0, 0.1) is 29.1 Å². The van der Waals surface area contributed by atoms with E-state index in [1.54, 1.807) is 103 Å². The molecular formula is C21H36. The third kappa shape index (κ3) is 2.93. The molecule has 4 saturated carbocycles. The van der Waals surface area contributed by atoms with Crippen molar-refractivity contribution in [2.24, 2.45) is 29.1 Å². The second-order valence-electron chi connectivity index (χ2n) is 9.24. The average Bonchev–Trinajstić information content (AvgIpc) is 2.72. The molecule has 5 unspecified atom stereocenters. The van der Waals surface area contributed by atoms with Gasteiger partial charge in [0.25, 0.3) is 0 Å². The molecule has 0 heterocycles. The fourth-order valence-corrected chi connectivity index (χ4v) is 7.14. The summed E-state index contributed by atoms with van der Waals surface area (Å²) in [6.07, 6.45) is 25.3. The van der Waals surface area contributed by atoms with Gasteiger partial charge in [-0.3, -0.25) is 0 Å². The molecule has 0 nitrogen and oxygen atoms in total. The zero-order valence-corrected chi connectivity index (χ0v) is 14.1. The van der Waals surface area contributed by atoms with Gasteiger partial charge in [0.1, 0.15) is 0 Å². The zero-order valence-electron chi connectivity index (χ0n) is 14.1. The van der Waals surface area contributed by atoms with Gasteiger partial charge >= 0.3 is 0 Å². The smallest absolute Gasteiger partial charge is 0.0266 e. The van der Waals surface area contributed by atoms with Crippen LogP contribution in [0.15, 0.2) is 0 Å². The van der Waals surface area contributed by atoms with Gasteiger partial charge < -0.3 is 0 Å². The summed E-state index contributed by atoms with van der Waals surface area (Å²) in [7, 11) is 0. The first kappa shape index (κ1) is 14.6. The third-order valence-electron chi connectivity index (χ3n) is 8.18. The van der Waals surface area contributed by atoms with Gasteiger partial charge in [-0.25, -0.2) is 0 Å². The van der Waals surface area contributed by atoms with E-state index in [2.05, 4.69) is 0 Å². The average molecular weight is 289 g/mol. The monoisotopic (exact) mass is 288 g/mol. The highest BCUT2D eigenvalue weighted by molar-refractivity contribution is 4.96. The molecule has 0 amide bonds. The van der Waals surface area contributed by atoms with Gasteiger partial charge in [-0.15, -0.1) is 0 Å². The Labute approximate surface area is 132 Å². The molecule has 21 heavy (non-hydrogen) atoms. The Morgan fingerprint density at radius 2 is 1.29 bits per heavy atom. The Bertz CT molecular complexity index is 342. The highest BCUT2D eigenvalue weighted by atomic mass is 14.5. The van der Waals surface area contributed by atoms with Crippen molar-refractivity contribution in [2.75, 3.05) is 0 Å². The lowest BCUT2D eigenvalue weighted by Crippen LogP contribution is -2.37. The van der Waals surface area contributed by atoms with E-state index in [9.17, 15) is 0 Å². The predicted octanol–water partition coefficient (Wildman–Crippen LogP) is 6.73. The van der Waals surface area contributed by atoms with E-state index in [0.717, 1.165) is 29.1 Å². The van der Waals surface area contributed by atoms with Crippen LogP contribution in [0.3, 0.4) is 0 Å². The standard InChI is InChI=1S/C21H36/c1-2-13-21(14-5-9-17(6-1)12-15-21)20-11-4-8-18-7-3-10-19(20)16-18/h17-20H,1-16H2.